The third kappa shape index (κ3) is 3.06. The summed E-state index contributed by atoms with van der Waals surface area (Å²) in [5, 5.41) is 2.38. The number of amides is 1. The number of hydrogen-bond donors (Lipinski definition) is 1. The highest BCUT2D eigenvalue weighted by atomic mass is 19.1. The minimum absolute atomic E-state index is 0.218. The van der Waals surface area contributed by atoms with Crippen molar-refractivity contribution in [2.24, 2.45) is 10.9 Å². The molecule has 2 heterocycles. The number of aryl methyl sites for hydroxylation is 1. The van der Waals surface area contributed by atoms with Gasteiger partial charge in [-0.1, -0.05) is 6.07 Å². The summed E-state index contributed by atoms with van der Waals surface area (Å²) in [6, 6.07) is 4.66. The minimum Gasteiger partial charge on any atom is -0.468 e. The maximum absolute atomic E-state index is 14.3. The number of aliphatic imine (C=N–C) groups is 1. The number of pyridine rings is 1. The Balaban J connectivity index is 1.97. The van der Waals surface area contributed by atoms with Crippen molar-refractivity contribution >= 4 is 17.7 Å². The van der Waals surface area contributed by atoms with Crippen molar-refractivity contribution in [3.05, 3.63) is 64.7 Å². The molecule has 1 aromatic heterocycles. The molecule has 1 spiro atoms. The number of rotatable bonds is 2. The van der Waals surface area contributed by atoms with Crippen LogP contribution < -0.4 is 5.32 Å². The predicted octanol–water partition coefficient (Wildman–Crippen LogP) is 2.40. The van der Waals surface area contributed by atoms with Crippen LogP contribution in [0.25, 0.3) is 0 Å². The first-order valence-electron chi connectivity index (χ1n) is 8.94. The molecule has 0 fully saturated rings. The van der Waals surface area contributed by atoms with E-state index in [2.05, 4.69) is 15.3 Å². The van der Waals surface area contributed by atoms with Crippen LogP contribution in [0.2, 0.25) is 0 Å². The normalized spacial score (nSPS) is 23.2. The average Bonchev–Trinajstić information content (AvgIpc) is 2.67. The molecule has 4 rings (SSSR count). The van der Waals surface area contributed by atoms with Gasteiger partial charge in [-0.2, -0.15) is 0 Å². The molecule has 1 aliphatic carbocycles. The van der Waals surface area contributed by atoms with Crippen molar-refractivity contribution in [1.29, 1.82) is 0 Å². The molecule has 0 radical (unpaired) electrons. The van der Waals surface area contributed by atoms with Crippen molar-refractivity contribution in [2.45, 2.75) is 24.8 Å². The van der Waals surface area contributed by atoms with Gasteiger partial charge in [0, 0.05) is 6.07 Å². The van der Waals surface area contributed by atoms with Gasteiger partial charge in [0.1, 0.15) is 22.9 Å². The lowest BCUT2D eigenvalue weighted by Crippen LogP contribution is -2.56. The van der Waals surface area contributed by atoms with E-state index >= 15 is 0 Å². The highest BCUT2D eigenvalue weighted by Gasteiger charge is 2.54. The number of hydrogen-bond acceptors (Lipinski definition) is 5. The Hall–Kier alpha value is -3.23. The number of halogens is 3. The van der Waals surface area contributed by atoms with Gasteiger partial charge < -0.3 is 10.1 Å². The molecule has 1 N–H and O–H groups in total. The summed E-state index contributed by atoms with van der Waals surface area (Å²) >= 11 is 0. The van der Waals surface area contributed by atoms with Crippen molar-refractivity contribution in [1.82, 2.24) is 10.3 Å². The van der Waals surface area contributed by atoms with E-state index in [4.69, 9.17) is 4.74 Å². The SMILES string of the molecule is COC(=O)C1C(=O)NC(c2ncc(F)cc2F)=NC12CCCc1cc(F)ccc12. The molecule has 1 aromatic carbocycles. The Kier molecular flexibility index (Phi) is 4.60. The zero-order valence-electron chi connectivity index (χ0n) is 15.3. The maximum Gasteiger partial charge on any atom is 0.321 e. The maximum atomic E-state index is 14.3. The highest BCUT2D eigenvalue weighted by molar-refractivity contribution is 6.14. The first-order chi connectivity index (χ1) is 13.9. The second-order valence-electron chi connectivity index (χ2n) is 6.97. The van der Waals surface area contributed by atoms with E-state index in [1.54, 1.807) is 0 Å². The third-order valence-corrected chi connectivity index (χ3v) is 5.30. The van der Waals surface area contributed by atoms with Crippen LogP contribution in [0.15, 0.2) is 35.5 Å². The molecule has 6 nitrogen and oxygen atoms in total. The molecule has 150 valence electrons. The van der Waals surface area contributed by atoms with Crippen molar-refractivity contribution < 1.29 is 27.5 Å². The molecule has 2 atom stereocenters. The second kappa shape index (κ2) is 6.98. The van der Waals surface area contributed by atoms with E-state index in [1.807, 2.05) is 0 Å². The average molecular weight is 403 g/mol. The number of nitrogens with zero attached hydrogens (tertiary/aromatic N) is 2. The number of aromatic nitrogens is 1. The number of carbonyl (C=O) groups is 2. The standard InChI is InChI=1S/C20H16F3N3O3/c1-29-19(28)15-18(27)25-17(16-14(23)8-12(22)9-24-16)26-20(15)6-2-3-10-7-11(21)4-5-13(10)20/h4-5,7-9,15H,2-3,6H2,1H3,(H,25,26,27). The van der Waals surface area contributed by atoms with Crippen LogP contribution in [0.3, 0.4) is 0 Å². The van der Waals surface area contributed by atoms with Crippen LogP contribution in [0.1, 0.15) is 29.7 Å². The molecule has 1 amide bonds. The molecular weight excluding hydrogens is 387 g/mol. The van der Waals surface area contributed by atoms with Gasteiger partial charge in [0.2, 0.25) is 5.91 Å². The summed E-state index contributed by atoms with van der Waals surface area (Å²) in [5.41, 5.74) is -0.656. The van der Waals surface area contributed by atoms with Crippen molar-refractivity contribution in [2.75, 3.05) is 7.11 Å². The van der Waals surface area contributed by atoms with Gasteiger partial charge in [0.15, 0.2) is 17.6 Å². The Bertz CT molecular complexity index is 1060. The quantitative estimate of drug-likeness (QED) is 0.617. The summed E-state index contributed by atoms with van der Waals surface area (Å²) < 4.78 is 46.2. The predicted molar refractivity (Wildman–Crippen MR) is 95.4 cm³/mol. The summed E-state index contributed by atoms with van der Waals surface area (Å²) in [5.74, 6) is -5.46. The Morgan fingerprint density at radius 2 is 2.03 bits per heavy atom. The molecule has 29 heavy (non-hydrogen) atoms. The lowest BCUT2D eigenvalue weighted by Gasteiger charge is -2.42. The molecule has 2 unspecified atom stereocenters. The van der Waals surface area contributed by atoms with Gasteiger partial charge in [-0.25, -0.2) is 18.2 Å². The van der Waals surface area contributed by atoms with Crippen LogP contribution >= 0.6 is 0 Å². The molecule has 0 saturated carbocycles. The molecule has 2 aromatic rings. The lowest BCUT2D eigenvalue weighted by molar-refractivity contribution is -0.153. The third-order valence-electron chi connectivity index (χ3n) is 5.30. The van der Waals surface area contributed by atoms with E-state index in [0.29, 0.717) is 30.0 Å². The number of esters is 1. The smallest absolute Gasteiger partial charge is 0.321 e. The summed E-state index contributed by atoms with van der Waals surface area (Å²) in [6.45, 7) is 0. The van der Waals surface area contributed by atoms with Crippen LogP contribution in [-0.2, 0) is 26.3 Å². The van der Waals surface area contributed by atoms with E-state index in [9.17, 15) is 22.8 Å². The van der Waals surface area contributed by atoms with E-state index in [0.717, 1.165) is 13.3 Å². The van der Waals surface area contributed by atoms with Crippen LogP contribution in [0.5, 0.6) is 0 Å². The number of fused-ring (bicyclic) bond motifs is 2. The Morgan fingerprint density at radius 3 is 2.76 bits per heavy atom. The van der Waals surface area contributed by atoms with Gasteiger partial charge >= 0.3 is 5.97 Å². The van der Waals surface area contributed by atoms with E-state index in [1.165, 1.54) is 18.2 Å². The Labute approximate surface area is 163 Å². The monoisotopic (exact) mass is 403 g/mol. The minimum atomic E-state index is -1.41. The highest BCUT2D eigenvalue weighted by Crippen LogP contribution is 2.46. The molecule has 1 aliphatic heterocycles. The molecule has 9 heteroatoms. The number of carbonyl (C=O) groups excluding carboxylic acids is 2. The van der Waals surface area contributed by atoms with E-state index < -0.39 is 40.8 Å². The van der Waals surface area contributed by atoms with Gasteiger partial charge in [-0.15, -0.1) is 0 Å². The zero-order valence-corrected chi connectivity index (χ0v) is 15.3. The molecule has 2 aliphatic rings. The Morgan fingerprint density at radius 1 is 1.24 bits per heavy atom. The van der Waals surface area contributed by atoms with Crippen molar-refractivity contribution in [3.8, 4) is 0 Å². The lowest BCUT2D eigenvalue weighted by atomic mass is 9.68. The fourth-order valence-corrected chi connectivity index (χ4v) is 4.11. The first kappa shape index (κ1) is 19.1. The number of benzene rings is 1. The molecular formula is C20H16F3N3O3. The van der Waals surface area contributed by atoms with Crippen LogP contribution in [0.4, 0.5) is 13.2 Å². The summed E-state index contributed by atoms with van der Waals surface area (Å²) in [4.78, 5) is 33.7. The van der Waals surface area contributed by atoms with Gasteiger partial charge in [0.25, 0.3) is 0 Å². The van der Waals surface area contributed by atoms with Crippen molar-refractivity contribution in [3.63, 3.8) is 0 Å². The molecule has 0 bridgehead atoms. The van der Waals surface area contributed by atoms with E-state index in [-0.39, 0.29) is 18.0 Å². The number of ether oxygens (including phenoxy) is 1. The number of amidine groups is 1. The number of methoxy groups -OCH3 is 1. The number of nitrogens with one attached hydrogen (secondary N) is 1. The second-order valence-corrected chi connectivity index (χ2v) is 6.97. The summed E-state index contributed by atoms with van der Waals surface area (Å²) in [6.07, 6.45) is 2.15. The van der Waals surface area contributed by atoms with Crippen LogP contribution in [-0.4, -0.2) is 29.8 Å². The topological polar surface area (TPSA) is 80.7 Å². The largest absolute Gasteiger partial charge is 0.468 e. The van der Waals surface area contributed by atoms with Gasteiger partial charge in [-0.05, 0) is 42.5 Å². The fraction of sp³-hybridized carbons (Fsp3) is 0.300. The van der Waals surface area contributed by atoms with Crippen LogP contribution in [0, 0.1) is 23.4 Å². The fourth-order valence-electron chi connectivity index (χ4n) is 4.11. The first-order valence-corrected chi connectivity index (χ1v) is 8.94. The zero-order chi connectivity index (χ0) is 20.8. The molecule has 0 saturated heterocycles. The van der Waals surface area contributed by atoms with Gasteiger partial charge in [0.05, 0.1) is 13.3 Å². The summed E-state index contributed by atoms with van der Waals surface area (Å²) in [7, 11) is 1.15. The van der Waals surface area contributed by atoms with Gasteiger partial charge in [-0.3, -0.25) is 14.6 Å².